The molecule has 0 aromatic heterocycles. The quantitative estimate of drug-likeness (QED) is 0.905. The third-order valence-electron chi connectivity index (χ3n) is 3.47. The Balaban J connectivity index is 2.88. The maximum absolute atomic E-state index is 12.4. The Kier molecular flexibility index (Phi) is 5.65. The van der Waals surface area contributed by atoms with Gasteiger partial charge in [0.25, 0.3) is 0 Å². The number of hydrogen-bond donors (Lipinski definition) is 1. The minimum atomic E-state index is -0.806. The fourth-order valence-corrected chi connectivity index (χ4v) is 2.31. The van der Waals surface area contributed by atoms with Gasteiger partial charge in [0.15, 0.2) is 0 Å². The van der Waals surface area contributed by atoms with Crippen molar-refractivity contribution in [1.29, 1.82) is 0 Å². The summed E-state index contributed by atoms with van der Waals surface area (Å²) in [4.78, 5) is 14.0. The summed E-state index contributed by atoms with van der Waals surface area (Å²) in [7, 11) is 1.73. The number of rotatable bonds is 5. The minimum Gasteiger partial charge on any atom is -0.340 e. The second-order valence-electron chi connectivity index (χ2n) is 4.74. The second-order valence-corrected chi connectivity index (χ2v) is 5.52. The van der Waals surface area contributed by atoms with Crippen LogP contribution in [0.3, 0.4) is 0 Å². The van der Waals surface area contributed by atoms with Crippen LogP contribution in [0.1, 0.15) is 32.3 Å². The summed E-state index contributed by atoms with van der Waals surface area (Å²) < 4.78 is 0. The van der Waals surface area contributed by atoms with E-state index in [9.17, 15) is 4.79 Å². The van der Waals surface area contributed by atoms with Crippen LogP contribution in [-0.2, 0) is 11.3 Å². The Labute approximate surface area is 124 Å². The van der Waals surface area contributed by atoms with E-state index in [1.807, 2.05) is 26.0 Å². The van der Waals surface area contributed by atoms with Gasteiger partial charge in [-0.05, 0) is 24.5 Å². The lowest BCUT2D eigenvalue weighted by Crippen LogP contribution is -2.53. The number of likely N-dealkylation sites (N-methyl/N-ethyl adjacent to an activating group) is 1. The van der Waals surface area contributed by atoms with Crippen molar-refractivity contribution in [2.24, 2.45) is 5.73 Å². The summed E-state index contributed by atoms with van der Waals surface area (Å²) in [6.07, 6.45) is 1.21. The number of carbonyl (C=O) groups is 1. The lowest BCUT2D eigenvalue weighted by molar-refractivity contribution is -0.136. The van der Waals surface area contributed by atoms with E-state index in [0.717, 1.165) is 5.56 Å². The van der Waals surface area contributed by atoms with E-state index in [4.69, 9.17) is 28.9 Å². The summed E-state index contributed by atoms with van der Waals surface area (Å²) in [6, 6.07) is 5.39. The first-order valence-corrected chi connectivity index (χ1v) is 7.08. The number of hydrogen-bond acceptors (Lipinski definition) is 2. The summed E-state index contributed by atoms with van der Waals surface area (Å²) in [6.45, 7) is 4.24. The molecule has 1 aromatic carbocycles. The average Bonchev–Trinajstić information content (AvgIpc) is 2.42. The molecule has 1 amide bonds. The maximum Gasteiger partial charge on any atom is 0.242 e. The molecule has 1 aromatic rings. The monoisotopic (exact) mass is 302 g/mol. The van der Waals surface area contributed by atoms with E-state index >= 15 is 0 Å². The summed E-state index contributed by atoms with van der Waals surface area (Å²) in [5.41, 5.74) is 6.13. The molecule has 0 atom stereocenters. The molecule has 0 aliphatic carbocycles. The van der Waals surface area contributed by atoms with Crippen molar-refractivity contribution in [1.82, 2.24) is 4.90 Å². The number of benzene rings is 1. The third-order valence-corrected chi connectivity index (χ3v) is 4.33. The van der Waals surface area contributed by atoms with Crippen molar-refractivity contribution in [2.45, 2.75) is 38.8 Å². The molecule has 19 heavy (non-hydrogen) atoms. The first-order valence-electron chi connectivity index (χ1n) is 6.33. The molecule has 1 rings (SSSR count). The molecule has 0 fully saturated rings. The molecule has 106 valence electrons. The number of amides is 1. The molecule has 0 unspecified atom stereocenters. The highest BCUT2D eigenvalue weighted by molar-refractivity contribution is 6.42. The molecule has 0 aliphatic heterocycles. The SMILES string of the molecule is CCC(N)(CC)C(=O)N(C)Cc1cccc(Cl)c1Cl. The highest BCUT2D eigenvalue weighted by Gasteiger charge is 2.32. The average molecular weight is 303 g/mol. The molecule has 0 saturated heterocycles. The molecular formula is C14H20Cl2N2O. The van der Waals surface area contributed by atoms with Crippen LogP contribution < -0.4 is 5.73 Å². The van der Waals surface area contributed by atoms with E-state index in [-0.39, 0.29) is 5.91 Å². The van der Waals surface area contributed by atoms with Crippen LogP contribution in [0.4, 0.5) is 0 Å². The van der Waals surface area contributed by atoms with Gasteiger partial charge in [0, 0.05) is 13.6 Å². The Morgan fingerprint density at radius 1 is 1.32 bits per heavy atom. The standard InChI is InChI=1S/C14H20Cl2N2O/c1-4-14(17,5-2)13(19)18(3)9-10-7-6-8-11(15)12(10)16/h6-8H,4-5,9,17H2,1-3H3. The van der Waals surface area contributed by atoms with Crippen molar-refractivity contribution in [3.63, 3.8) is 0 Å². The lowest BCUT2D eigenvalue weighted by atomic mass is 9.92. The van der Waals surface area contributed by atoms with Crippen molar-refractivity contribution < 1.29 is 4.79 Å². The highest BCUT2D eigenvalue weighted by Crippen LogP contribution is 2.27. The van der Waals surface area contributed by atoms with Crippen LogP contribution in [0.5, 0.6) is 0 Å². The number of nitrogens with two attached hydrogens (primary N) is 1. The van der Waals surface area contributed by atoms with Crippen LogP contribution in [0, 0.1) is 0 Å². The Morgan fingerprint density at radius 2 is 1.89 bits per heavy atom. The molecular weight excluding hydrogens is 283 g/mol. The molecule has 0 spiro atoms. The Bertz CT molecular complexity index is 459. The summed E-state index contributed by atoms with van der Waals surface area (Å²) in [5, 5.41) is 0.976. The first-order chi connectivity index (χ1) is 8.85. The predicted molar refractivity (Wildman–Crippen MR) is 80.4 cm³/mol. The molecule has 0 heterocycles. The van der Waals surface area contributed by atoms with E-state index in [0.29, 0.717) is 29.4 Å². The van der Waals surface area contributed by atoms with Crippen molar-refractivity contribution in [3.8, 4) is 0 Å². The van der Waals surface area contributed by atoms with Gasteiger partial charge in [0.05, 0.1) is 15.6 Å². The molecule has 2 N–H and O–H groups in total. The number of halogens is 2. The van der Waals surface area contributed by atoms with Crippen LogP contribution in [0.2, 0.25) is 10.0 Å². The second kappa shape index (κ2) is 6.60. The Morgan fingerprint density at radius 3 is 2.42 bits per heavy atom. The Hall–Kier alpha value is -0.770. The van der Waals surface area contributed by atoms with Crippen molar-refractivity contribution >= 4 is 29.1 Å². The van der Waals surface area contributed by atoms with Gasteiger partial charge >= 0.3 is 0 Å². The van der Waals surface area contributed by atoms with Gasteiger partial charge in [0.2, 0.25) is 5.91 Å². The van der Waals surface area contributed by atoms with Crippen molar-refractivity contribution in [3.05, 3.63) is 33.8 Å². The zero-order chi connectivity index (χ0) is 14.6. The molecule has 5 heteroatoms. The van der Waals surface area contributed by atoms with E-state index in [1.165, 1.54) is 0 Å². The zero-order valence-electron chi connectivity index (χ0n) is 11.5. The van der Waals surface area contributed by atoms with Gasteiger partial charge in [-0.25, -0.2) is 0 Å². The van der Waals surface area contributed by atoms with Gasteiger partial charge in [-0.1, -0.05) is 49.2 Å². The smallest absolute Gasteiger partial charge is 0.242 e. The van der Waals surface area contributed by atoms with Crippen LogP contribution in [0.15, 0.2) is 18.2 Å². The first kappa shape index (κ1) is 16.3. The third kappa shape index (κ3) is 3.62. The van der Waals surface area contributed by atoms with Crippen LogP contribution in [-0.4, -0.2) is 23.4 Å². The van der Waals surface area contributed by atoms with Crippen LogP contribution in [0.25, 0.3) is 0 Å². The normalized spacial score (nSPS) is 11.5. The summed E-state index contributed by atoms with van der Waals surface area (Å²) in [5.74, 6) is -0.0754. The van der Waals surface area contributed by atoms with Gasteiger partial charge in [-0.3, -0.25) is 4.79 Å². The number of carbonyl (C=O) groups excluding carboxylic acids is 1. The van der Waals surface area contributed by atoms with Gasteiger partial charge < -0.3 is 10.6 Å². The van der Waals surface area contributed by atoms with Gasteiger partial charge in [-0.15, -0.1) is 0 Å². The molecule has 0 radical (unpaired) electrons. The van der Waals surface area contributed by atoms with Gasteiger partial charge in [0.1, 0.15) is 0 Å². The largest absolute Gasteiger partial charge is 0.340 e. The topological polar surface area (TPSA) is 46.3 Å². The van der Waals surface area contributed by atoms with Crippen molar-refractivity contribution in [2.75, 3.05) is 7.05 Å². The molecule has 0 bridgehead atoms. The van der Waals surface area contributed by atoms with E-state index in [1.54, 1.807) is 18.0 Å². The lowest BCUT2D eigenvalue weighted by Gasteiger charge is -2.31. The van der Waals surface area contributed by atoms with E-state index < -0.39 is 5.54 Å². The zero-order valence-corrected chi connectivity index (χ0v) is 13.1. The highest BCUT2D eigenvalue weighted by atomic mass is 35.5. The van der Waals surface area contributed by atoms with E-state index in [2.05, 4.69) is 0 Å². The minimum absolute atomic E-state index is 0.0754. The van der Waals surface area contributed by atoms with Crippen LogP contribution >= 0.6 is 23.2 Å². The number of nitrogens with zero attached hydrogens (tertiary/aromatic N) is 1. The molecule has 3 nitrogen and oxygen atoms in total. The fraction of sp³-hybridized carbons (Fsp3) is 0.500. The maximum atomic E-state index is 12.4. The fourth-order valence-electron chi connectivity index (χ4n) is 1.93. The predicted octanol–water partition coefficient (Wildman–Crippen LogP) is 3.47. The molecule has 0 saturated carbocycles. The van der Waals surface area contributed by atoms with Gasteiger partial charge in [-0.2, -0.15) is 0 Å². The molecule has 0 aliphatic rings. The summed E-state index contributed by atoms with van der Waals surface area (Å²) >= 11 is 12.1.